The Morgan fingerprint density at radius 3 is 2.67 bits per heavy atom. The van der Waals surface area contributed by atoms with Crippen LogP contribution in [0.15, 0.2) is 12.2 Å². The maximum atomic E-state index is 10.2. The molecule has 0 spiro atoms. The Morgan fingerprint density at radius 2 is 2.07 bits per heavy atom. The van der Waals surface area contributed by atoms with E-state index in [0.29, 0.717) is 25.6 Å². The second kappa shape index (κ2) is 6.48. The number of hydrogen-bond donors (Lipinski definition) is 1. The minimum Gasteiger partial charge on any atom is -0.388 e. The summed E-state index contributed by atoms with van der Waals surface area (Å²) in [4.78, 5) is 2.11. The highest BCUT2D eigenvalue weighted by atomic mass is 35.5. The Morgan fingerprint density at radius 1 is 1.40 bits per heavy atom. The average Bonchev–Trinajstić information content (AvgIpc) is 2.18. The lowest BCUT2D eigenvalue weighted by molar-refractivity contribution is -0.0756. The van der Waals surface area contributed by atoms with Gasteiger partial charge in [0.2, 0.25) is 0 Å². The van der Waals surface area contributed by atoms with Crippen molar-refractivity contribution in [3.05, 3.63) is 12.2 Å². The zero-order valence-corrected chi connectivity index (χ0v) is 10.0. The molecular formula is C11H20ClNO2. The SMILES string of the molecule is CN(C/C=C/CCl)CC1(O)CCOCC1. The summed E-state index contributed by atoms with van der Waals surface area (Å²) >= 11 is 5.53. The van der Waals surface area contributed by atoms with Crippen LogP contribution in [-0.2, 0) is 4.74 Å². The van der Waals surface area contributed by atoms with Gasteiger partial charge in [-0.15, -0.1) is 11.6 Å². The van der Waals surface area contributed by atoms with Crippen molar-refractivity contribution >= 4 is 11.6 Å². The summed E-state index contributed by atoms with van der Waals surface area (Å²) in [6, 6.07) is 0. The largest absolute Gasteiger partial charge is 0.388 e. The van der Waals surface area contributed by atoms with E-state index >= 15 is 0 Å². The molecule has 1 saturated heterocycles. The minimum absolute atomic E-state index is 0.548. The normalized spacial score (nSPS) is 21.3. The van der Waals surface area contributed by atoms with Gasteiger partial charge >= 0.3 is 0 Å². The molecule has 0 radical (unpaired) electrons. The number of alkyl halides is 1. The van der Waals surface area contributed by atoms with Crippen molar-refractivity contribution in [2.75, 3.05) is 39.2 Å². The van der Waals surface area contributed by atoms with Gasteiger partial charge in [0.05, 0.1) is 5.60 Å². The Labute approximate surface area is 96.7 Å². The highest BCUT2D eigenvalue weighted by molar-refractivity contribution is 6.18. The number of ether oxygens (including phenoxy) is 1. The Bertz CT molecular complexity index is 203. The second-order valence-corrected chi connectivity index (χ2v) is 4.47. The molecule has 1 aliphatic rings. The van der Waals surface area contributed by atoms with Crippen LogP contribution < -0.4 is 0 Å². The number of aliphatic hydroxyl groups is 1. The molecule has 15 heavy (non-hydrogen) atoms. The molecule has 1 N–H and O–H groups in total. The molecule has 0 unspecified atom stereocenters. The van der Waals surface area contributed by atoms with E-state index < -0.39 is 5.60 Å². The van der Waals surface area contributed by atoms with E-state index in [1.807, 2.05) is 19.2 Å². The van der Waals surface area contributed by atoms with Gasteiger partial charge in [0, 0.05) is 45.0 Å². The lowest BCUT2D eigenvalue weighted by atomic mass is 9.94. The first-order chi connectivity index (χ1) is 7.16. The number of rotatable bonds is 5. The summed E-state index contributed by atoms with van der Waals surface area (Å²) in [7, 11) is 2.01. The number of allylic oxidation sites excluding steroid dienone is 1. The molecule has 0 aromatic heterocycles. The summed E-state index contributed by atoms with van der Waals surface area (Å²) in [6.07, 6.45) is 5.41. The van der Waals surface area contributed by atoms with Crippen molar-refractivity contribution in [3.8, 4) is 0 Å². The van der Waals surface area contributed by atoms with E-state index in [1.165, 1.54) is 0 Å². The van der Waals surface area contributed by atoms with Crippen molar-refractivity contribution in [1.82, 2.24) is 4.90 Å². The molecule has 0 aromatic rings. The van der Waals surface area contributed by atoms with Crippen LogP contribution in [0.5, 0.6) is 0 Å². The quantitative estimate of drug-likeness (QED) is 0.573. The molecule has 0 bridgehead atoms. The molecule has 3 nitrogen and oxygen atoms in total. The Balaban J connectivity index is 2.28. The fraction of sp³-hybridized carbons (Fsp3) is 0.818. The van der Waals surface area contributed by atoms with Gasteiger partial charge in [0.25, 0.3) is 0 Å². The summed E-state index contributed by atoms with van der Waals surface area (Å²) in [5.41, 5.74) is -0.568. The van der Waals surface area contributed by atoms with Crippen LogP contribution in [-0.4, -0.2) is 54.8 Å². The molecule has 1 heterocycles. The van der Waals surface area contributed by atoms with E-state index in [9.17, 15) is 5.11 Å². The summed E-state index contributed by atoms with van der Waals surface area (Å²) in [6.45, 7) is 2.86. The first-order valence-corrected chi connectivity index (χ1v) is 5.89. The lowest BCUT2D eigenvalue weighted by Gasteiger charge is -2.35. The van der Waals surface area contributed by atoms with Crippen LogP contribution >= 0.6 is 11.6 Å². The lowest BCUT2D eigenvalue weighted by Crippen LogP contribution is -2.45. The van der Waals surface area contributed by atoms with Crippen LogP contribution in [0.25, 0.3) is 0 Å². The fourth-order valence-electron chi connectivity index (χ4n) is 1.79. The van der Waals surface area contributed by atoms with Crippen LogP contribution in [0, 0.1) is 0 Å². The first-order valence-electron chi connectivity index (χ1n) is 5.36. The smallest absolute Gasteiger partial charge is 0.0817 e. The molecule has 0 aliphatic carbocycles. The van der Waals surface area contributed by atoms with Crippen molar-refractivity contribution in [2.45, 2.75) is 18.4 Å². The third-order valence-electron chi connectivity index (χ3n) is 2.66. The zero-order chi connectivity index (χ0) is 11.1. The van der Waals surface area contributed by atoms with E-state index in [0.717, 1.165) is 19.4 Å². The summed E-state index contributed by atoms with van der Waals surface area (Å²) in [5.74, 6) is 0.548. The Hall–Kier alpha value is -0.0900. The molecule has 88 valence electrons. The number of nitrogens with zero attached hydrogens (tertiary/aromatic N) is 1. The third-order valence-corrected chi connectivity index (χ3v) is 2.84. The van der Waals surface area contributed by atoms with Crippen molar-refractivity contribution < 1.29 is 9.84 Å². The first kappa shape index (κ1) is 13.0. The van der Waals surface area contributed by atoms with Crippen molar-refractivity contribution in [3.63, 3.8) is 0 Å². The number of hydrogen-bond acceptors (Lipinski definition) is 3. The number of halogens is 1. The topological polar surface area (TPSA) is 32.7 Å². The van der Waals surface area contributed by atoms with Crippen LogP contribution in [0.2, 0.25) is 0 Å². The van der Waals surface area contributed by atoms with Crippen LogP contribution in [0.3, 0.4) is 0 Å². The van der Waals surface area contributed by atoms with Gasteiger partial charge in [-0.1, -0.05) is 12.2 Å². The maximum Gasteiger partial charge on any atom is 0.0817 e. The predicted octanol–water partition coefficient (Wildman–Crippen LogP) is 1.25. The summed E-state index contributed by atoms with van der Waals surface area (Å²) < 4.78 is 5.24. The highest BCUT2D eigenvalue weighted by Gasteiger charge is 2.30. The van der Waals surface area contributed by atoms with Gasteiger partial charge in [0.15, 0.2) is 0 Å². The predicted molar refractivity (Wildman–Crippen MR) is 62.4 cm³/mol. The Kier molecular flexibility index (Phi) is 5.61. The van der Waals surface area contributed by atoms with Gasteiger partial charge in [0.1, 0.15) is 0 Å². The molecule has 0 aromatic carbocycles. The van der Waals surface area contributed by atoms with E-state index in [1.54, 1.807) is 0 Å². The van der Waals surface area contributed by atoms with Crippen LogP contribution in [0.1, 0.15) is 12.8 Å². The zero-order valence-electron chi connectivity index (χ0n) is 9.29. The van der Waals surface area contributed by atoms with E-state index in [-0.39, 0.29) is 0 Å². The molecule has 0 saturated carbocycles. The average molecular weight is 234 g/mol. The molecule has 1 fully saturated rings. The summed E-state index contributed by atoms with van der Waals surface area (Å²) in [5, 5.41) is 10.2. The highest BCUT2D eigenvalue weighted by Crippen LogP contribution is 2.21. The molecule has 0 atom stereocenters. The molecule has 0 amide bonds. The van der Waals surface area contributed by atoms with Gasteiger partial charge < -0.3 is 9.84 Å². The third kappa shape index (κ3) is 4.98. The maximum absolute atomic E-state index is 10.2. The monoisotopic (exact) mass is 233 g/mol. The van der Waals surface area contributed by atoms with Crippen molar-refractivity contribution in [1.29, 1.82) is 0 Å². The van der Waals surface area contributed by atoms with Gasteiger partial charge in [-0.05, 0) is 7.05 Å². The standard InChI is InChI=1S/C11H20ClNO2/c1-13(7-3-2-6-12)10-11(14)4-8-15-9-5-11/h2-3,14H,4-10H2,1H3/b3-2+. The van der Waals surface area contributed by atoms with Gasteiger partial charge in [-0.2, -0.15) is 0 Å². The fourth-order valence-corrected chi connectivity index (χ4v) is 1.92. The number of likely N-dealkylation sites (N-methyl/N-ethyl adjacent to an activating group) is 1. The minimum atomic E-state index is -0.568. The van der Waals surface area contributed by atoms with E-state index in [4.69, 9.17) is 16.3 Å². The molecule has 4 heteroatoms. The molecular weight excluding hydrogens is 214 g/mol. The van der Waals surface area contributed by atoms with Crippen LogP contribution in [0.4, 0.5) is 0 Å². The van der Waals surface area contributed by atoms with Gasteiger partial charge in [-0.25, -0.2) is 0 Å². The van der Waals surface area contributed by atoms with E-state index in [2.05, 4.69) is 4.90 Å². The van der Waals surface area contributed by atoms with Crippen molar-refractivity contribution in [2.24, 2.45) is 0 Å². The van der Waals surface area contributed by atoms with Gasteiger partial charge in [-0.3, -0.25) is 4.90 Å². The molecule has 1 aliphatic heterocycles. The second-order valence-electron chi connectivity index (χ2n) is 4.16. The molecule has 1 rings (SSSR count).